The van der Waals surface area contributed by atoms with E-state index in [-0.39, 0.29) is 12.2 Å². The van der Waals surface area contributed by atoms with Crippen LogP contribution in [0.4, 0.5) is 0 Å². The zero-order valence-electron chi connectivity index (χ0n) is 12.7. The number of hydrogen-bond donors (Lipinski definition) is 1. The molecule has 0 radical (unpaired) electrons. The fraction of sp³-hybridized carbons (Fsp3) is 0.688. The molecule has 0 aromatic carbocycles. The summed E-state index contributed by atoms with van der Waals surface area (Å²) in [6.07, 6.45) is 3.38. The molecule has 0 aliphatic carbocycles. The molecule has 1 amide bonds. The van der Waals surface area contributed by atoms with Gasteiger partial charge in [-0.25, -0.2) is 0 Å². The Bertz CT molecular complexity index is 469. The molecular weight excluding hydrogens is 300 g/mol. The molecule has 3 nitrogen and oxygen atoms in total. The second kappa shape index (κ2) is 6.71. The highest BCUT2D eigenvalue weighted by Gasteiger charge is 2.43. The second-order valence-corrected chi connectivity index (χ2v) is 8.35. The van der Waals surface area contributed by atoms with Gasteiger partial charge in [0.05, 0.1) is 6.04 Å². The van der Waals surface area contributed by atoms with E-state index in [1.165, 1.54) is 17.7 Å². The summed E-state index contributed by atoms with van der Waals surface area (Å²) >= 11 is 3.70. The van der Waals surface area contributed by atoms with E-state index in [0.29, 0.717) is 17.9 Å². The normalized spacial score (nSPS) is 30.3. The summed E-state index contributed by atoms with van der Waals surface area (Å²) in [4.78, 5) is 15.1. The highest BCUT2D eigenvalue weighted by Crippen LogP contribution is 2.34. The number of nitrogens with zero attached hydrogens (tertiary/aromatic N) is 1. The number of thioether (sulfide) groups is 1. The number of amides is 1. The highest BCUT2D eigenvalue weighted by atomic mass is 32.2. The van der Waals surface area contributed by atoms with E-state index in [0.717, 1.165) is 18.6 Å². The molecule has 0 saturated carbocycles. The summed E-state index contributed by atoms with van der Waals surface area (Å²) in [7, 11) is 0. The van der Waals surface area contributed by atoms with Gasteiger partial charge in [-0.3, -0.25) is 10.1 Å². The van der Waals surface area contributed by atoms with Crippen LogP contribution in [0, 0.1) is 5.92 Å². The molecule has 5 heteroatoms. The van der Waals surface area contributed by atoms with E-state index in [2.05, 4.69) is 40.9 Å². The average Bonchev–Trinajstić information content (AvgIpc) is 3.08. The molecule has 1 aromatic heterocycles. The number of rotatable bonds is 4. The quantitative estimate of drug-likeness (QED) is 0.920. The first-order valence-electron chi connectivity index (χ1n) is 7.85. The lowest BCUT2D eigenvalue weighted by molar-refractivity contribution is -0.132. The van der Waals surface area contributed by atoms with E-state index >= 15 is 0 Å². The Morgan fingerprint density at radius 1 is 1.48 bits per heavy atom. The van der Waals surface area contributed by atoms with Gasteiger partial charge < -0.3 is 4.90 Å². The summed E-state index contributed by atoms with van der Waals surface area (Å²) < 4.78 is 0. The van der Waals surface area contributed by atoms with Crippen LogP contribution in [0.3, 0.4) is 0 Å². The highest BCUT2D eigenvalue weighted by molar-refractivity contribution is 7.99. The molecule has 3 rings (SSSR count). The Kier molecular flexibility index (Phi) is 4.92. The van der Waals surface area contributed by atoms with Crippen molar-refractivity contribution in [3.63, 3.8) is 0 Å². The van der Waals surface area contributed by atoms with Crippen LogP contribution in [-0.4, -0.2) is 34.4 Å². The monoisotopic (exact) mass is 324 g/mol. The Morgan fingerprint density at radius 2 is 2.33 bits per heavy atom. The molecule has 2 saturated heterocycles. The van der Waals surface area contributed by atoms with Crippen molar-refractivity contribution in [2.75, 3.05) is 11.5 Å². The van der Waals surface area contributed by atoms with Crippen LogP contribution < -0.4 is 5.32 Å². The van der Waals surface area contributed by atoms with Crippen LogP contribution in [0.25, 0.3) is 0 Å². The summed E-state index contributed by atoms with van der Waals surface area (Å²) in [6, 6.07) is 2.53. The Balaban J connectivity index is 1.83. The van der Waals surface area contributed by atoms with Crippen molar-refractivity contribution in [3.8, 4) is 0 Å². The summed E-state index contributed by atoms with van der Waals surface area (Å²) in [6.45, 7) is 4.38. The molecule has 3 heterocycles. The van der Waals surface area contributed by atoms with E-state index < -0.39 is 0 Å². The third kappa shape index (κ3) is 3.30. The van der Waals surface area contributed by atoms with Gasteiger partial charge in [-0.15, -0.1) is 0 Å². The SMILES string of the molecule is CC(C)CC1NC(c2ccsc2)N(C2CCCSC2)C1=O. The first-order chi connectivity index (χ1) is 10.2. The van der Waals surface area contributed by atoms with Crippen LogP contribution in [0.1, 0.15) is 44.8 Å². The predicted octanol–water partition coefficient (Wildman–Crippen LogP) is 3.49. The van der Waals surface area contributed by atoms with Crippen molar-refractivity contribution in [1.82, 2.24) is 10.2 Å². The minimum absolute atomic E-state index is 0.0122. The van der Waals surface area contributed by atoms with Crippen LogP contribution in [0.2, 0.25) is 0 Å². The first kappa shape index (κ1) is 15.4. The van der Waals surface area contributed by atoms with Gasteiger partial charge in [0.1, 0.15) is 6.17 Å². The Hall–Kier alpha value is -0.520. The van der Waals surface area contributed by atoms with Crippen LogP contribution >= 0.6 is 23.1 Å². The maximum Gasteiger partial charge on any atom is 0.241 e. The van der Waals surface area contributed by atoms with Crippen molar-refractivity contribution in [1.29, 1.82) is 0 Å². The summed E-state index contributed by atoms with van der Waals surface area (Å²) in [5.74, 6) is 3.18. The zero-order chi connectivity index (χ0) is 14.8. The topological polar surface area (TPSA) is 32.3 Å². The number of carbonyl (C=O) groups excluding carboxylic acids is 1. The lowest BCUT2D eigenvalue weighted by Crippen LogP contribution is -2.43. The van der Waals surface area contributed by atoms with Gasteiger partial charge in [0, 0.05) is 11.8 Å². The van der Waals surface area contributed by atoms with Crippen LogP contribution in [-0.2, 0) is 4.79 Å². The molecule has 1 aromatic rings. The van der Waals surface area contributed by atoms with Gasteiger partial charge in [0.15, 0.2) is 0 Å². The van der Waals surface area contributed by atoms with Crippen LogP contribution in [0.15, 0.2) is 16.8 Å². The maximum absolute atomic E-state index is 12.9. The number of carbonyl (C=O) groups is 1. The average molecular weight is 325 g/mol. The van der Waals surface area contributed by atoms with Gasteiger partial charge in [-0.1, -0.05) is 13.8 Å². The molecule has 116 valence electrons. The molecule has 0 spiro atoms. The predicted molar refractivity (Wildman–Crippen MR) is 90.6 cm³/mol. The van der Waals surface area contributed by atoms with Gasteiger partial charge in [0.2, 0.25) is 5.91 Å². The second-order valence-electron chi connectivity index (χ2n) is 6.42. The minimum atomic E-state index is -0.0122. The van der Waals surface area contributed by atoms with Gasteiger partial charge >= 0.3 is 0 Å². The first-order valence-corrected chi connectivity index (χ1v) is 9.94. The molecule has 1 N–H and O–H groups in total. The molecule has 2 fully saturated rings. The van der Waals surface area contributed by atoms with Gasteiger partial charge in [-0.05, 0) is 53.3 Å². The van der Waals surface area contributed by atoms with Gasteiger partial charge in [-0.2, -0.15) is 23.1 Å². The van der Waals surface area contributed by atoms with Crippen molar-refractivity contribution < 1.29 is 4.79 Å². The smallest absolute Gasteiger partial charge is 0.241 e. The van der Waals surface area contributed by atoms with E-state index in [1.807, 2.05) is 11.8 Å². The molecule has 2 aliphatic heterocycles. The van der Waals surface area contributed by atoms with Crippen molar-refractivity contribution in [2.24, 2.45) is 5.92 Å². The third-order valence-electron chi connectivity index (χ3n) is 4.29. The molecule has 0 bridgehead atoms. The zero-order valence-corrected chi connectivity index (χ0v) is 14.4. The minimum Gasteiger partial charge on any atom is -0.318 e. The fourth-order valence-electron chi connectivity index (χ4n) is 3.31. The molecule has 21 heavy (non-hydrogen) atoms. The number of nitrogens with one attached hydrogen (secondary N) is 1. The van der Waals surface area contributed by atoms with Crippen molar-refractivity contribution in [2.45, 2.75) is 51.4 Å². The maximum atomic E-state index is 12.9. The summed E-state index contributed by atoms with van der Waals surface area (Å²) in [5.41, 5.74) is 1.25. The summed E-state index contributed by atoms with van der Waals surface area (Å²) in [5, 5.41) is 7.87. The largest absolute Gasteiger partial charge is 0.318 e. The Labute approximate surface area is 135 Å². The van der Waals surface area contributed by atoms with E-state index in [9.17, 15) is 4.79 Å². The third-order valence-corrected chi connectivity index (χ3v) is 6.18. The molecule has 3 atom stereocenters. The van der Waals surface area contributed by atoms with Crippen LogP contribution in [0.5, 0.6) is 0 Å². The lowest BCUT2D eigenvalue weighted by atomic mass is 10.0. The lowest BCUT2D eigenvalue weighted by Gasteiger charge is -2.34. The van der Waals surface area contributed by atoms with E-state index in [1.54, 1.807) is 11.3 Å². The molecule has 3 unspecified atom stereocenters. The standard InChI is InChI=1S/C16H24N2OS2/c1-11(2)8-14-16(19)18(13-4-3-6-20-10-13)15(17-14)12-5-7-21-9-12/h5,7,9,11,13-15,17H,3-4,6,8,10H2,1-2H3. The Morgan fingerprint density at radius 3 is 2.95 bits per heavy atom. The van der Waals surface area contributed by atoms with E-state index in [4.69, 9.17) is 0 Å². The number of hydrogen-bond acceptors (Lipinski definition) is 4. The van der Waals surface area contributed by atoms with Crippen molar-refractivity contribution in [3.05, 3.63) is 22.4 Å². The van der Waals surface area contributed by atoms with Gasteiger partial charge in [0.25, 0.3) is 0 Å². The fourth-order valence-corrected chi connectivity index (χ4v) is 5.13. The molecule has 2 aliphatic rings. The van der Waals surface area contributed by atoms with Crippen molar-refractivity contribution >= 4 is 29.0 Å². The number of thiophene rings is 1. The molecular formula is C16H24N2OS2.